The highest BCUT2D eigenvalue weighted by atomic mass is 35.5. The van der Waals surface area contributed by atoms with Crippen molar-refractivity contribution in [1.29, 1.82) is 0 Å². The summed E-state index contributed by atoms with van der Waals surface area (Å²) in [5, 5.41) is 4.87. The van der Waals surface area contributed by atoms with E-state index in [2.05, 4.69) is 5.10 Å². The van der Waals surface area contributed by atoms with Crippen molar-refractivity contribution >= 4 is 17.4 Å². The Labute approximate surface area is 107 Å². The standard InChI is InChI=1S/C12H19ClN2O2/c1-5-11(17-4)10(16)7-9-12(13)8(3)14-15(9)6-2/h11H,5-7H2,1-4H3. The van der Waals surface area contributed by atoms with Crippen molar-refractivity contribution in [3.8, 4) is 0 Å². The van der Waals surface area contributed by atoms with Gasteiger partial charge in [-0.1, -0.05) is 18.5 Å². The molecule has 17 heavy (non-hydrogen) atoms. The minimum atomic E-state index is -0.355. The lowest BCUT2D eigenvalue weighted by molar-refractivity contribution is -0.128. The van der Waals surface area contributed by atoms with Crippen molar-refractivity contribution in [2.75, 3.05) is 7.11 Å². The first-order valence-electron chi connectivity index (χ1n) is 5.82. The maximum Gasteiger partial charge on any atom is 0.167 e. The van der Waals surface area contributed by atoms with E-state index in [9.17, 15) is 4.79 Å². The first kappa shape index (κ1) is 14.2. The molecule has 0 aliphatic rings. The number of methoxy groups -OCH3 is 1. The van der Waals surface area contributed by atoms with Crippen LogP contribution in [0.2, 0.25) is 5.02 Å². The van der Waals surface area contributed by atoms with Crippen LogP contribution in [-0.4, -0.2) is 28.8 Å². The van der Waals surface area contributed by atoms with Gasteiger partial charge in [-0.05, 0) is 20.3 Å². The number of ketones is 1. The zero-order valence-corrected chi connectivity index (χ0v) is 11.5. The van der Waals surface area contributed by atoms with Crippen molar-refractivity contribution < 1.29 is 9.53 Å². The van der Waals surface area contributed by atoms with E-state index in [4.69, 9.17) is 16.3 Å². The summed E-state index contributed by atoms with van der Waals surface area (Å²) in [7, 11) is 1.55. The average Bonchev–Trinajstić information content (AvgIpc) is 2.58. The van der Waals surface area contributed by atoms with Gasteiger partial charge in [-0.2, -0.15) is 5.10 Å². The number of hydrogen-bond acceptors (Lipinski definition) is 3. The summed E-state index contributed by atoms with van der Waals surface area (Å²) in [6.45, 7) is 6.45. The van der Waals surface area contributed by atoms with E-state index >= 15 is 0 Å². The van der Waals surface area contributed by atoms with Gasteiger partial charge in [0.25, 0.3) is 0 Å². The largest absolute Gasteiger partial charge is 0.374 e. The van der Waals surface area contributed by atoms with Gasteiger partial charge in [0.2, 0.25) is 0 Å². The molecule has 0 aromatic carbocycles. The highest BCUT2D eigenvalue weighted by molar-refractivity contribution is 6.32. The fraction of sp³-hybridized carbons (Fsp3) is 0.667. The van der Waals surface area contributed by atoms with Crippen molar-refractivity contribution in [1.82, 2.24) is 9.78 Å². The lowest BCUT2D eigenvalue weighted by Gasteiger charge is -2.12. The molecule has 96 valence electrons. The number of nitrogens with zero attached hydrogens (tertiary/aromatic N) is 2. The molecule has 4 nitrogen and oxygen atoms in total. The van der Waals surface area contributed by atoms with Crippen LogP contribution in [0.3, 0.4) is 0 Å². The molecule has 0 saturated heterocycles. The van der Waals surface area contributed by atoms with Crippen LogP contribution in [0.4, 0.5) is 0 Å². The van der Waals surface area contributed by atoms with Gasteiger partial charge in [-0.3, -0.25) is 9.48 Å². The van der Waals surface area contributed by atoms with Gasteiger partial charge in [-0.15, -0.1) is 0 Å². The van der Waals surface area contributed by atoms with Crippen molar-refractivity contribution in [2.45, 2.75) is 46.3 Å². The minimum Gasteiger partial charge on any atom is -0.374 e. The second-order valence-corrected chi connectivity index (χ2v) is 4.32. The molecule has 1 atom stereocenters. The van der Waals surface area contributed by atoms with Crippen molar-refractivity contribution in [2.24, 2.45) is 0 Å². The normalized spacial score (nSPS) is 12.8. The number of carbonyl (C=O) groups is 1. The molecular weight excluding hydrogens is 240 g/mol. The molecule has 1 rings (SSSR count). The Morgan fingerprint density at radius 2 is 2.18 bits per heavy atom. The first-order chi connectivity index (χ1) is 8.04. The van der Waals surface area contributed by atoms with E-state index in [-0.39, 0.29) is 18.3 Å². The topological polar surface area (TPSA) is 44.1 Å². The van der Waals surface area contributed by atoms with E-state index in [1.54, 1.807) is 11.8 Å². The van der Waals surface area contributed by atoms with Crippen molar-refractivity contribution in [3.63, 3.8) is 0 Å². The van der Waals surface area contributed by atoms with Crippen LogP contribution in [-0.2, 0) is 22.5 Å². The first-order valence-corrected chi connectivity index (χ1v) is 6.20. The van der Waals surface area contributed by atoms with Crippen LogP contribution in [0.15, 0.2) is 0 Å². The monoisotopic (exact) mass is 258 g/mol. The lowest BCUT2D eigenvalue weighted by atomic mass is 10.1. The molecule has 0 amide bonds. The van der Waals surface area contributed by atoms with Crippen LogP contribution in [0.25, 0.3) is 0 Å². The fourth-order valence-electron chi connectivity index (χ4n) is 1.84. The number of aryl methyl sites for hydroxylation is 2. The SMILES string of the molecule is CCC(OC)C(=O)Cc1c(Cl)c(C)nn1CC. The van der Waals surface area contributed by atoms with Gasteiger partial charge >= 0.3 is 0 Å². The molecule has 0 aliphatic heterocycles. The zero-order chi connectivity index (χ0) is 13.0. The molecule has 0 radical (unpaired) electrons. The quantitative estimate of drug-likeness (QED) is 0.787. The Bertz CT molecular complexity index is 397. The average molecular weight is 259 g/mol. The molecule has 1 unspecified atom stereocenters. The van der Waals surface area contributed by atoms with E-state index in [1.165, 1.54) is 0 Å². The molecule has 0 aliphatic carbocycles. The van der Waals surface area contributed by atoms with Crippen molar-refractivity contribution in [3.05, 3.63) is 16.4 Å². The summed E-state index contributed by atoms with van der Waals surface area (Å²) in [5.74, 6) is 0.0477. The van der Waals surface area contributed by atoms with Gasteiger partial charge in [-0.25, -0.2) is 0 Å². The van der Waals surface area contributed by atoms with Gasteiger partial charge in [0, 0.05) is 13.7 Å². The maximum atomic E-state index is 12.0. The summed E-state index contributed by atoms with van der Waals surface area (Å²) < 4.78 is 6.91. The van der Waals surface area contributed by atoms with E-state index in [0.29, 0.717) is 18.0 Å². The Balaban J connectivity index is 2.91. The number of halogens is 1. The van der Waals surface area contributed by atoms with Crippen LogP contribution in [0.5, 0.6) is 0 Å². The molecule has 0 bridgehead atoms. The predicted molar refractivity (Wildman–Crippen MR) is 67.4 cm³/mol. The molecule has 0 saturated carbocycles. The van der Waals surface area contributed by atoms with Gasteiger partial charge in [0.1, 0.15) is 6.10 Å². The second-order valence-electron chi connectivity index (χ2n) is 3.94. The summed E-state index contributed by atoms with van der Waals surface area (Å²) >= 11 is 6.15. The smallest absolute Gasteiger partial charge is 0.167 e. The van der Waals surface area contributed by atoms with Gasteiger partial charge in [0.05, 0.1) is 22.8 Å². The third-order valence-corrected chi connectivity index (χ3v) is 3.30. The van der Waals surface area contributed by atoms with Gasteiger partial charge in [0.15, 0.2) is 5.78 Å². The number of carbonyl (C=O) groups excluding carboxylic acids is 1. The lowest BCUT2D eigenvalue weighted by Crippen LogP contribution is -2.25. The highest BCUT2D eigenvalue weighted by Gasteiger charge is 2.21. The van der Waals surface area contributed by atoms with Crippen LogP contribution in [0, 0.1) is 6.92 Å². The third kappa shape index (κ3) is 3.07. The number of hydrogen-bond donors (Lipinski definition) is 0. The molecule has 0 spiro atoms. The Morgan fingerprint density at radius 3 is 2.65 bits per heavy atom. The van der Waals surface area contributed by atoms with E-state index < -0.39 is 0 Å². The van der Waals surface area contributed by atoms with Gasteiger partial charge < -0.3 is 4.74 Å². The molecule has 5 heteroatoms. The summed E-state index contributed by atoms with van der Waals surface area (Å²) in [6.07, 6.45) is 0.595. The number of rotatable bonds is 6. The number of ether oxygens (including phenoxy) is 1. The Morgan fingerprint density at radius 1 is 1.53 bits per heavy atom. The highest BCUT2D eigenvalue weighted by Crippen LogP contribution is 2.21. The minimum absolute atomic E-state index is 0.0477. The fourth-order valence-corrected chi connectivity index (χ4v) is 2.04. The summed E-state index contributed by atoms with van der Waals surface area (Å²) in [6, 6.07) is 0. The molecule has 1 aromatic heterocycles. The molecular formula is C12H19ClN2O2. The second kappa shape index (κ2) is 6.17. The zero-order valence-electron chi connectivity index (χ0n) is 10.8. The molecule has 0 fully saturated rings. The predicted octanol–water partition coefficient (Wildman–Crippen LogP) is 2.40. The molecule has 1 heterocycles. The Hall–Kier alpha value is -0.870. The number of Topliss-reactive ketones (excluding diaryl/α,β-unsaturated/α-hetero) is 1. The molecule has 0 N–H and O–H groups in total. The molecule has 1 aromatic rings. The van der Waals surface area contributed by atoms with Crippen LogP contribution < -0.4 is 0 Å². The van der Waals surface area contributed by atoms with E-state index in [0.717, 1.165) is 11.4 Å². The van der Waals surface area contributed by atoms with E-state index in [1.807, 2.05) is 20.8 Å². The number of aromatic nitrogens is 2. The van der Waals surface area contributed by atoms with Crippen LogP contribution in [0.1, 0.15) is 31.7 Å². The third-order valence-electron chi connectivity index (χ3n) is 2.81. The summed E-state index contributed by atoms with van der Waals surface area (Å²) in [5.41, 5.74) is 1.55. The Kier molecular flexibility index (Phi) is 5.15. The van der Waals surface area contributed by atoms with Crippen LogP contribution >= 0.6 is 11.6 Å². The maximum absolute atomic E-state index is 12.0. The summed E-state index contributed by atoms with van der Waals surface area (Å²) in [4.78, 5) is 12.0.